The molecular weight excluding hydrogens is 1090 g/mol. The average Bonchev–Trinajstić information content (AvgIpc) is 0.801. The summed E-state index contributed by atoms with van der Waals surface area (Å²) in [6, 6.07) is 43.3. The molecule has 0 saturated heterocycles. The van der Waals surface area contributed by atoms with Gasteiger partial charge in [0.2, 0.25) is 0 Å². The highest BCUT2D eigenvalue weighted by molar-refractivity contribution is 7.41. The van der Waals surface area contributed by atoms with Crippen molar-refractivity contribution in [2.75, 3.05) is 0 Å². The summed E-state index contributed by atoms with van der Waals surface area (Å²) in [4.78, 5) is 0. The summed E-state index contributed by atoms with van der Waals surface area (Å²) >= 11 is 0. The van der Waals surface area contributed by atoms with Gasteiger partial charge in [0.05, 0.1) is 0 Å². The standard InChI is InChI=1S/C84H117O3P/c1-19-31-64-43-49-76(70(55-64)37-25-7)82(61(13)14,77-50-44-65(32-20-2)56-71(77)38-26-8)85-88(86-83(62(15)16,78-51-45-66(33-21-3)57-72(78)39-27-9)79-52-46-67(34-22-4)58-73(79)40-28-10)87-84(63(17)18,80-53-47-68(35-23-5)59-74(80)41-29-11)81-54-48-69(36-24-6)60-75(81)42-30-12/h43-60H,13,15,17,19-42H2,1-12,14,16,18H3. The Morgan fingerprint density at radius 1 is 0.261 bits per heavy atom. The van der Waals surface area contributed by atoms with Crippen molar-refractivity contribution in [2.24, 2.45) is 0 Å². The van der Waals surface area contributed by atoms with Crippen LogP contribution in [0.25, 0.3) is 0 Å². The Morgan fingerprint density at radius 2 is 0.409 bits per heavy atom. The molecule has 0 aliphatic rings. The Labute approximate surface area is 539 Å². The molecule has 0 heterocycles. The van der Waals surface area contributed by atoms with Crippen LogP contribution in [-0.2, 0) is 107 Å². The van der Waals surface area contributed by atoms with Crippen molar-refractivity contribution in [3.8, 4) is 0 Å². The van der Waals surface area contributed by atoms with Crippen molar-refractivity contribution in [3.63, 3.8) is 0 Å². The van der Waals surface area contributed by atoms with Gasteiger partial charge in [0.1, 0.15) is 16.8 Å². The van der Waals surface area contributed by atoms with Gasteiger partial charge in [-0.25, -0.2) is 0 Å². The molecule has 0 unspecified atom stereocenters. The Morgan fingerprint density at radius 3 is 0.534 bits per heavy atom. The van der Waals surface area contributed by atoms with Gasteiger partial charge in [0.25, 0.3) is 0 Å². The van der Waals surface area contributed by atoms with Gasteiger partial charge in [0, 0.05) is 0 Å². The van der Waals surface area contributed by atoms with Crippen LogP contribution in [0.5, 0.6) is 0 Å². The first kappa shape index (κ1) is 71.9. The van der Waals surface area contributed by atoms with Crippen molar-refractivity contribution < 1.29 is 13.6 Å². The van der Waals surface area contributed by atoms with Crippen LogP contribution >= 0.6 is 8.60 Å². The lowest BCUT2D eigenvalue weighted by molar-refractivity contribution is 0.0142. The lowest BCUT2D eigenvalue weighted by Gasteiger charge is -2.47. The Balaban J connectivity index is 1.97. The molecule has 6 aromatic carbocycles. The predicted octanol–water partition coefficient (Wildman–Crippen LogP) is 24.3. The highest BCUT2D eigenvalue weighted by atomic mass is 31.2. The van der Waals surface area contributed by atoms with Crippen LogP contribution in [0, 0.1) is 0 Å². The minimum absolute atomic E-state index is 0.872. The maximum atomic E-state index is 8.83. The van der Waals surface area contributed by atoms with E-state index in [4.69, 9.17) is 33.3 Å². The molecule has 0 aliphatic heterocycles. The summed E-state index contributed by atoms with van der Waals surface area (Å²) in [5.74, 6) is 0. The van der Waals surface area contributed by atoms with Gasteiger partial charge in [-0.15, -0.1) is 0 Å². The summed E-state index contributed by atoms with van der Waals surface area (Å²) < 4.78 is 26.5. The molecule has 0 bridgehead atoms. The topological polar surface area (TPSA) is 27.7 Å². The van der Waals surface area contributed by atoms with Crippen LogP contribution in [-0.4, -0.2) is 0 Å². The van der Waals surface area contributed by atoms with Crippen LogP contribution in [0.3, 0.4) is 0 Å². The number of benzene rings is 6. The maximum Gasteiger partial charge on any atom is 0.337 e. The van der Waals surface area contributed by atoms with Crippen molar-refractivity contribution in [1.82, 2.24) is 0 Å². The van der Waals surface area contributed by atoms with E-state index in [2.05, 4.69) is 213 Å². The first-order chi connectivity index (χ1) is 42.5. The molecule has 0 aliphatic carbocycles. The van der Waals surface area contributed by atoms with Crippen LogP contribution < -0.4 is 0 Å². The molecule has 88 heavy (non-hydrogen) atoms. The highest BCUT2D eigenvalue weighted by Crippen LogP contribution is 2.65. The molecule has 6 aromatic rings. The first-order valence-corrected chi connectivity index (χ1v) is 36.2. The van der Waals surface area contributed by atoms with Crippen LogP contribution in [0.15, 0.2) is 146 Å². The van der Waals surface area contributed by atoms with Gasteiger partial charge < -0.3 is 0 Å². The monoisotopic (exact) mass is 1200 g/mol. The third-order valence-electron chi connectivity index (χ3n) is 18.1. The van der Waals surface area contributed by atoms with Crippen molar-refractivity contribution >= 4 is 8.60 Å². The molecule has 4 heteroatoms. The molecule has 0 atom stereocenters. The molecule has 6 rings (SSSR count). The van der Waals surface area contributed by atoms with Crippen LogP contribution in [0.4, 0.5) is 0 Å². The van der Waals surface area contributed by atoms with E-state index in [-0.39, 0.29) is 0 Å². The van der Waals surface area contributed by atoms with E-state index in [0.29, 0.717) is 0 Å². The maximum absolute atomic E-state index is 8.83. The zero-order chi connectivity index (χ0) is 64.0. The average molecular weight is 1210 g/mol. The lowest BCUT2D eigenvalue weighted by atomic mass is 9.75. The minimum Gasteiger partial charge on any atom is -0.291 e. The fourth-order valence-electron chi connectivity index (χ4n) is 14.2. The zero-order valence-electron chi connectivity index (χ0n) is 58.2. The second-order valence-corrected chi connectivity index (χ2v) is 26.8. The van der Waals surface area contributed by atoms with E-state index in [9.17, 15) is 0 Å². The molecule has 0 spiro atoms. The predicted molar refractivity (Wildman–Crippen MR) is 384 cm³/mol. The van der Waals surface area contributed by atoms with Crippen LogP contribution in [0.2, 0.25) is 0 Å². The van der Waals surface area contributed by atoms with Gasteiger partial charge in [-0.2, -0.15) is 0 Å². The molecule has 0 radical (unpaired) electrons. The second kappa shape index (κ2) is 34.9. The molecule has 0 saturated carbocycles. The highest BCUT2D eigenvalue weighted by Gasteiger charge is 2.53. The third kappa shape index (κ3) is 16.3. The quantitative estimate of drug-likeness (QED) is 0.0284. The van der Waals surface area contributed by atoms with Crippen molar-refractivity contribution in [1.29, 1.82) is 0 Å². The third-order valence-corrected chi connectivity index (χ3v) is 19.3. The minimum atomic E-state index is -2.56. The summed E-state index contributed by atoms with van der Waals surface area (Å²) in [7, 11) is -2.56. The Bertz CT molecular complexity index is 2710. The summed E-state index contributed by atoms with van der Waals surface area (Å²) in [6.07, 6.45) is 23.4. The first-order valence-electron chi connectivity index (χ1n) is 35.1. The molecule has 0 aromatic heterocycles. The van der Waals surface area contributed by atoms with E-state index in [1.165, 1.54) is 66.8 Å². The van der Waals surface area contributed by atoms with E-state index < -0.39 is 25.4 Å². The van der Waals surface area contributed by atoms with Crippen molar-refractivity contribution in [3.05, 3.63) is 246 Å². The largest absolute Gasteiger partial charge is 0.337 e. The zero-order valence-corrected chi connectivity index (χ0v) is 59.1. The summed E-state index contributed by atoms with van der Waals surface area (Å²) in [5, 5.41) is 0. The van der Waals surface area contributed by atoms with Gasteiger partial charge in [-0.05, 0) is 215 Å². The molecule has 0 N–H and O–H groups in total. The fourth-order valence-corrected chi connectivity index (χ4v) is 16.0. The Kier molecular flexibility index (Phi) is 28.5. The van der Waals surface area contributed by atoms with E-state index in [1.807, 2.05) is 0 Å². The fraction of sp³-hybridized carbons (Fsp3) is 0.500. The van der Waals surface area contributed by atoms with E-state index >= 15 is 0 Å². The number of aryl methyl sites for hydroxylation is 12. The van der Waals surface area contributed by atoms with Gasteiger partial charge in [-0.3, -0.25) is 13.6 Å². The molecule has 476 valence electrons. The number of rotatable bonds is 39. The molecule has 0 amide bonds. The van der Waals surface area contributed by atoms with E-state index in [1.54, 1.807) is 0 Å². The molecule has 0 fully saturated rings. The van der Waals surface area contributed by atoms with Gasteiger partial charge >= 0.3 is 8.60 Å². The van der Waals surface area contributed by atoms with Crippen molar-refractivity contribution in [2.45, 2.75) is 275 Å². The SMILES string of the molecule is C=C(C)C(OP(OC(C(=C)C)(c1ccc(CCC)cc1CCC)c1ccc(CCC)cc1CCC)OC(C(=C)C)(c1ccc(CCC)cc1CCC)c1ccc(CCC)cc1CCC)(c1ccc(CCC)cc1CCC)c1ccc(CCC)cc1CCC. The summed E-state index contributed by atoms with van der Waals surface area (Å²) in [6.45, 7) is 49.6. The van der Waals surface area contributed by atoms with Crippen LogP contribution in [0.1, 0.15) is 281 Å². The Hall–Kier alpha value is -5.15. The van der Waals surface area contributed by atoms with Gasteiger partial charge in [-0.1, -0.05) is 289 Å². The molecular formula is C84H117O3P. The molecule has 3 nitrogen and oxygen atoms in total. The lowest BCUT2D eigenvalue weighted by Crippen LogP contribution is -2.40. The second-order valence-electron chi connectivity index (χ2n) is 25.8. The van der Waals surface area contributed by atoms with Gasteiger partial charge in [0.15, 0.2) is 0 Å². The number of hydrogen-bond donors (Lipinski definition) is 0. The normalized spacial score (nSPS) is 12.1. The number of hydrogen-bond acceptors (Lipinski definition) is 3. The van der Waals surface area contributed by atoms with E-state index in [0.717, 1.165) is 204 Å². The summed E-state index contributed by atoms with van der Waals surface area (Å²) in [5.41, 5.74) is 21.1. The smallest absolute Gasteiger partial charge is 0.291 e.